The lowest BCUT2D eigenvalue weighted by atomic mass is 10.1. The van der Waals surface area contributed by atoms with Gasteiger partial charge in [0.2, 0.25) is 0 Å². The maximum Gasteiger partial charge on any atom is 0.107 e. The third-order valence-corrected chi connectivity index (χ3v) is 1.74. The Morgan fingerprint density at radius 2 is 2.40 bits per heavy atom. The van der Waals surface area contributed by atoms with E-state index in [1.54, 1.807) is 7.11 Å². The summed E-state index contributed by atoms with van der Waals surface area (Å²) >= 11 is 0. The second-order valence-corrected chi connectivity index (χ2v) is 2.74. The van der Waals surface area contributed by atoms with Gasteiger partial charge in [-0.25, -0.2) is 0 Å². The van der Waals surface area contributed by atoms with Gasteiger partial charge in [-0.3, -0.25) is 0 Å². The van der Waals surface area contributed by atoms with Gasteiger partial charge >= 0.3 is 0 Å². The number of hydrogen-bond acceptors (Lipinski definition) is 3. The van der Waals surface area contributed by atoms with Crippen LogP contribution in [0.25, 0.3) is 0 Å². The molecule has 1 fully saturated rings. The van der Waals surface area contributed by atoms with Gasteiger partial charge < -0.3 is 14.6 Å². The molecule has 60 valence electrons. The molecule has 3 nitrogen and oxygen atoms in total. The topological polar surface area (TPSA) is 38.7 Å². The molecule has 1 aliphatic heterocycles. The first-order valence-corrected chi connectivity index (χ1v) is 3.56. The van der Waals surface area contributed by atoms with Crippen molar-refractivity contribution >= 4 is 0 Å². The van der Waals surface area contributed by atoms with E-state index in [2.05, 4.69) is 0 Å². The van der Waals surface area contributed by atoms with Crippen molar-refractivity contribution in [3.63, 3.8) is 0 Å². The number of methoxy groups -OCH3 is 1. The monoisotopic (exact) mass is 146 g/mol. The molecule has 0 bridgehead atoms. The lowest BCUT2D eigenvalue weighted by Crippen LogP contribution is -2.25. The van der Waals surface area contributed by atoms with E-state index in [0.29, 0.717) is 6.61 Å². The zero-order valence-electron chi connectivity index (χ0n) is 6.41. The summed E-state index contributed by atoms with van der Waals surface area (Å²) in [6.45, 7) is 2.45. The van der Waals surface area contributed by atoms with Crippen molar-refractivity contribution in [1.82, 2.24) is 0 Å². The van der Waals surface area contributed by atoms with Crippen LogP contribution >= 0.6 is 0 Å². The van der Waals surface area contributed by atoms with E-state index in [-0.39, 0.29) is 18.3 Å². The fraction of sp³-hybridized carbons (Fsp3) is 1.00. The molecule has 10 heavy (non-hydrogen) atoms. The van der Waals surface area contributed by atoms with Crippen LogP contribution in [0.2, 0.25) is 0 Å². The average molecular weight is 146 g/mol. The third kappa shape index (κ3) is 1.68. The maximum atomic E-state index is 9.29. The molecule has 0 aromatic rings. The van der Waals surface area contributed by atoms with Gasteiger partial charge in [0.25, 0.3) is 0 Å². The molecule has 0 aromatic heterocycles. The van der Waals surface area contributed by atoms with Crippen LogP contribution in [0.1, 0.15) is 13.3 Å². The lowest BCUT2D eigenvalue weighted by Gasteiger charge is -2.11. The van der Waals surface area contributed by atoms with E-state index in [4.69, 9.17) is 9.47 Å². The number of rotatable bonds is 2. The summed E-state index contributed by atoms with van der Waals surface area (Å²) in [6, 6.07) is 0. The minimum absolute atomic E-state index is 0.111. The minimum atomic E-state index is -0.338. The first-order chi connectivity index (χ1) is 4.74. The van der Waals surface area contributed by atoms with Crippen molar-refractivity contribution in [3.8, 4) is 0 Å². The summed E-state index contributed by atoms with van der Waals surface area (Å²) in [5.74, 6) is 0. The second kappa shape index (κ2) is 3.32. The van der Waals surface area contributed by atoms with Crippen molar-refractivity contribution in [2.24, 2.45) is 0 Å². The summed E-state index contributed by atoms with van der Waals surface area (Å²) < 4.78 is 10.2. The number of aliphatic hydroxyl groups is 1. The molecule has 0 unspecified atom stereocenters. The molecule has 0 aliphatic carbocycles. The van der Waals surface area contributed by atoms with Gasteiger partial charge in [0.05, 0.1) is 18.8 Å². The Bertz CT molecular complexity index is 105. The zero-order chi connectivity index (χ0) is 7.56. The Balaban J connectivity index is 2.31. The predicted molar refractivity (Wildman–Crippen MR) is 36.8 cm³/mol. The highest BCUT2D eigenvalue weighted by Crippen LogP contribution is 2.19. The lowest BCUT2D eigenvalue weighted by molar-refractivity contribution is -0.0288. The molecule has 1 N–H and O–H groups in total. The standard InChI is InChI=1S/C7H14O3/c1-5-3-6(8)7(10-5)4-9-2/h5-8H,3-4H2,1-2H3/t5-,6-,7+/m1/s1. The molecule has 1 aliphatic rings. The normalized spacial score (nSPS) is 40.5. The van der Waals surface area contributed by atoms with Gasteiger partial charge in [-0.1, -0.05) is 0 Å². The number of ether oxygens (including phenoxy) is 2. The number of aliphatic hydroxyl groups excluding tert-OH is 1. The number of hydrogen-bond donors (Lipinski definition) is 1. The SMILES string of the molecule is COC[C@@H]1O[C@H](C)C[C@H]1O. The average Bonchev–Trinajstić information content (AvgIpc) is 2.13. The van der Waals surface area contributed by atoms with E-state index in [1.807, 2.05) is 6.92 Å². The molecule has 3 atom stereocenters. The Kier molecular flexibility index (Phi) is 2.65. The Morgan fingerprint density at radius 3 is 2.80 bits per heavy atom. The van der Waals surface area contributed by atoms with E-state index in [0.717, 1.165) is 6.42 Å². The van der Waals surface area contributed by atoms with Gasteiger partial charge in [-0.05, 0) is 6.92 Å². The van der Waals surface area contributed by atoms with Crippen LogP contribution in [-0.2, 0) is 9.47 Å². The summed E-state index contributed by atoms with van der Waals surface area (Å²) in [5, 5.41) is 9.29. The van der Waals surface area contributed by atoms with Crippen molar-refractivity contribution in [3.05, 3.63) is 0 Å². The molecular weight excluding hydrogens is 132 g/mol. The van der Waals surface area contributed by atoms with E-state index >= 15 is 0 Å². The Labute approximate surface area is 60.9 Å². The van der Waals surface area contributed by atoms with Crippen molar-refractivity contribution < 1.29 is 14.6 Å². The molecule has 0 radical (unpaired) electrons. The first kappa shape index (κ1) is 7.98. The summed E-state index contributed by atoms with van der Waals surface area (Å²) in [6.07, 6.45) is 0.457. The van der Waals surface area contributed by atoms with Gasteiger partial charge in [0, 0.05) is 13.5 Å². The molecular formula is C7H14O3. The van der Waals surface area contributed by atoms with Crippen LogP contribution in [0.3, 0.4) is 0 Å². The smallest absolute Gasteiger partial charge is 0.107 e. The molecule has 0 amide bonds. The Morgan fingerprint density at radius 1 is 1.70 bits per heavy atom. The molecule has 0 saturated carbocycles. The largest absolute Gasteiger partial charge is 0.390 e. The second-order valence-electron chi connectivity index (χ2n) is 2.74. The summed E-state index contributed by atoms with van der Waals surface area (Å²) in [5.41, 5.74) is 0. The fourth-order valence-corrected chi connectivity index (χ4v) is 1.25. The van der Waals surface area contributed by atoms with Gasteiger partial charge in [-0.2, -0.15) is 0 Å². The van der Waals surface area contributed by atoms with Gasteiger partial charge in [-0.15, -0.1) is 0 Å². The van der Waals surface area contributed by atoms with Crippen LogP contribution < -0.4 is 0 Å². The third-order valence-electron chi connectivity index (χ3n) is 1.74. The van der Waals surface area contributed by atoms with Gasteiger partial charge in [0.1, 0.15) is 6.10 Å². The highest BCUT2D eigenvalue weighted by Gasteiger charge is 2.30. The van der Waals surface area contributed by atoms with E-state index < -0.39 is 0 Å². The highest BCUT2D eigenvalue weighted by atomic mass is 16.5. The van der Waals surface area contributed by atoms with Gasteiger partial charge in [0.15, 0.2) is 0 Å². The Hall–Kier alpha value is -0.120. The van der Waals surface area contributed by atoms with Crippen LogP contribution in [-0.4, -0.2) is 37.1 Å². The zero-order valence-corrected chi connectivity index (χ0v) is 6.41. The van der Waals surface area contributed by atoms with Crippen LogP contribution in [0.4, 0.5) is 0 Å². The van der Waals surface area contributed by atoms with Crippen molar-refractivity contribution in [1.29, 1.82) is 0 Å². The molecule has 0 spiro atoms. The predicted octanol–water partition coefficient (Wildman–Crippen LogP) is 0.171. The maximum absolute atomic E-state index is 9.29. The highest BCUT2D eigenvalue weighted by molar-refractivity contribution is 4.79. The molecule has 0 aromatic carbocycles. The minimum Gasteiger partial charge on any atom is -0.390 e. The quantitative estimate of drug-likeness (QED) is 0.603. The van der Waals surface area contributed by atoms with E-state index in [9.17, 15) is 5.11 Å². The molecule has 1 saturated heterocycles. The van der Waals surface area contributed by atoms with Crippen LogP contribution in [0.5, 0.6) is 0 Å². The van der Waals surface area contributed by atoms with Crippen molar-refractivity contribution in [2.45, 2.75) is 31.7 Å². The summed E-state index contributed by atoms with van der Waals surface area (Å²) in [4.78, 5) is 0. The van der Waals surface area contributed by atoms with E-state index in [1.165, 1.54) is 0 Å². The van der Waals surface area contributed by atoms with Crippen LogP contribution in [0, 0.1) is 0 Å². The first-order valence-electron chi connectivity index (χ1n) is 3.56. The molecule has 1 rings (SSSR count). The fourth-order valence-electron chi connectivity index (χ4n) is 1.25. The molecule has 1 heterocycles. The molecule has 3 heteroatoms. The summed E-state index contributed by atoms with van der Waals surface area (Å²) in [7, 11) is 1.61. The van der Waals surface area contributed by atoms with Crippen molar-refractivity contribution in [2.75, 3.05) is 13.7 Å². The van der Waals surface area contributed by atoms with Crippen LogP contribution in [0.15, 0.2) is 0 Å².